The number of carboxylic acid groups (broad SMARTS) is 2. The van der Waals surface area contributed by atoms with Crippen molar-refractivity contribution >= 4 is 40.5 Å². The van der Waals surface area contributed by atoms with E-state index in [0.29, 0.717) is 16.7 Å². The Bertz CT molecular complexity index is 1250. The third-order valence-electron chi connectivity index (χ3n) is 6.35. The normalized spacial score (nSPS) is 21.9. The second-order valence-electron chi connectivity index (χ2n) is 8.99. The van der Waals surface area contributed by atoms with Gasteiger partial charge in [0, 0.05) is 17.9 Å². The zero-order valence-corrected chi connectivity index (χ0v) is 19.7. The van der Waals surface area contributed by atoms with E-state index in [1.165, 1.54) is 6.33 Å². The molecule has 0 unspecified atom stereocenters. The van der Waals surface area contributed by atoms with Crippen LogP contribution in [0.5, 0.6) is 0 Å². The van der Waals surface area contributed by atoms with Crippen LogP contribution in [-0.2, 0) is 25.5 Å². The molecular weight excluding hydrogens is 480 g/mol. The number of ether oxygens (including phenoxy) is 2. The van der Waals surface area contributed by atoms with Crippen LogP contribution in [0.3, 0.4) is 0 Å². The van der Waals surface area contributed by atoms with Gasteiger partial charge >= 0.3 is 11.9 Å². The molecule has 3 heterocycles. The van der Waals surface area contributed by atoms with Gasteiger partial charge in [0.25, 0.3) is 5.60 Å². The predicted octanol–water partition coefficient (Wildman–Crippen LogP) is 1.48. The van der Waals surface area contributed by atoms with E-state index >= 15 is 0 Å². The summed E-state index contributed by atoms with van der Waals surface area (Å²) in [6, 6.07) is 7.72. The average Bonchev–Trinajstić information content (AvgIpc) is 3.30. The molecule has 4 rings (SSSR count). The number of carboxylic acids is 2. The first-order chi connectivity index (χ1) is 16.5. The zero-order valence-electron chi connectivity index (χ0n) is 19.0. The van der Waals surface area contributed by atoms with Gasteiger partial charge in [-0.1, -0.05) is 44.2 Å². The molecule has 1 aromatic carbocycles. The van der Waals surface area contributed by atoms with Crippen molar-refractivity contribution < 1.29 is 29.3 Å². The number of aromatic nitrogens is 4. The highest BCUT2D eigenvalue weighted by molar-refractivity contribution is 6.28. The maximum Gasteiger partial charge on any atom is 0.348 e. The number of hydrogen-bond acceptors (Lipinski definition) is 9. The molecule has 0 radical (unpaired) electrons. The van der Waals surface area contributed by atoms with Crippen molar-refractivity contribution in [1.29, 1.82) is 0 Å². The lowest BCUT2D eigenvalue weighted by Crippen LogP contribution is -2.53. The van der Waals surface area contributed by atoms with Gasteiger partial charge in [-0.2, -0.15) is 9.97 Å². The van der Waals surface area contributed by atoms with Crippen molar-refractivity contribution in [3.05, 3.63) is 47.5 Å². The first-order valence-corrected chi connectivity index (χ1v) is 11.1. The minimum absolute atomic E-state index is 0.0645. The number of anilines is 1. The second-order valence-corrected chi connectivity index (χ2v) is 9.32. The summed E-state index contributed by atoms with van der Waals surface area (Å²) >= 11 is 5.97. The fraction of sp³-hybridized carbons (Fsp3) is 0.409. The number of hydrogen-bond donors (Lipinski definition) is 4. The van der Waals surface area contributed by atoms with Gasteiger partial charge in [-0.05, 0) is 17.2 Å². The maximum atomic E-state index is 12.1. The van der Waals surface area contributed by atoms with Crippen molar-refractivity contribution in [3.63, 3.8) is 0 Å². The van der Waals surface area contributed by atoms with Crippen LogP contribution < -0.4 is 11.5 Å². The van der Waals surface area contributed by atoms with Crippen LogP contribution in [0.15, 0.2) is 36.7 Å². The summed E-state index contributed by atoms with van der Waals surface area (Å²) in [6.45, 7) is 3.33. The summed E-state index contributed by atoms with van der Waals surface area (Å²) in [6.07, 6.45) is -0.452. The maximum absolute atomic E-state index is 12.1. The molecule has 1 fully saturated rings. The Balaban J connectivity index is 1.61. The molecule has 1 aliphatic heterocycles. The Morgan fingerprint density at radius 3 is 2.51 bits per heavy atom. The molecule has 1 aliphatic rings. The average molecular weight is 505 g/mol. The molecular formula is C22H25ClN6O6. The topological polar surface area (TPSA) is 189 Å². The van der Waals surface area contributed by atoms with Crippen LogP contribution in [0.25, 0.3) is 11.2 Å². The molecule has 2 aromatic heterocycles. The molecule has 0 saturated carbocycles. The molecule has 3 aromatic rings. The Hall–Kier alpha value is -3.32. The quantitative estimate of drug-likeness (QED) is 0.257. The molecule has 0 aliphatic carbocycles. The SMILES string of the molecule is CC1(C)[C@H](N)[C@@H](COC(Cc2ccccc2)(C(=O)O)C(=O)O)O[C@H]1n1cnc2c(N)nc(Cl)nc21. The summed E-state index contributed by atoms with van der Waals surface area (Å²) in [5.41, 5.74) is 10.3. The van der Waals surface area contributed by atoms with Crippen LogP contribution in [0.4, 0.5) is 5.82 Å². The van der Waals surface area contributed by atoms with Crippen molar-refractivity contribution in [2.45, 2.75) is 44.2 Å². The minimum atomic E-state index is -2.52. The number of rotatable bonds is 8. The standard InChI is InChI=1S/C22H25ClN6O6/c1-21(2)14(24)12(35-17(21)29-10-26-13-15(25)27-20(23)28-16(13)29)9-34-22(18(30)31,19(32)33)8-11-6-4-3-5-7-11/h3-7,10,12,14,17H,8-9,24H2,1-2H3,(H,30,31)(H,32,33)(H2,25,27,28)/t12-,14-,17-/m1/s1. The molecule has 0 amide bonds. The summed E-state index contributed by atoms with van der Waals surface area (Å²) in [5, 5.41) is 19.6. The van der Waals surface area contributed by atoms with Gasteiger partial charge < -0.3 is 31.2 Å². The van der Waals surface area contributed by atoms with Gasteiger partial charge in [-0.15, -0.1) is 0 Å². The summed E-state index contributed by atoms with van der Waals surface area (Å²) in [5.74, 6) is -3.15. The first kappa shape index (κ1) is 24.8. The van der Waals surface area contributed by atoms with Gasteiger partial charge in [0.2, 0.25) is 5.28 Å². The van der Waals surface area contributed by atoms with Gasteiger partial charge in [-0.25, -0.2) is 14.6 Å². The largest absolute Gasteiger partial charge is 0.479 e. The predicted molar refractivity (Wildman–Crippen MR) is 125 cm³/mol. The van der Waals surface area contributed by atoms with Gasteiger partial charge in [-0.3, -0.25) is 4.57 Å². The van der Waals surface area contributed by atoms with Crippen LogP contribution >= 0.6 is 11.6 Å². The number of carbonyl (C=O) groups is 2. The third-order valence-corrected chi connectivity index (χ3v) is 6.52. The lowest BCUT2D eigenvalue weighted by molar-refractivity contribution is -0.188. The van der Waals surface area contributed by atoms with E-state index in [-0.39, 0.29) is 24.1 Å². The highest BCUT2D eigenvalue weighted by Crippen LogP contribution is 2.45. The molecule has 0 bridgehead atoms. The summed E-state index contributed by atoms with van der Waals surface area (Å²) in [4.78, 5) is 36.6. The van der Waals surface area contributed by atoms with E-state index < -0.39 is 41.3 Å². The Kier molecular flexibility index (Phi) is 6.40. The Labute approximate surface area is 204 Å². The highest BCUT2D eigenvalue weighted by atomic mass is 35.5. The number of benzene rings is 1. The first-order valence-electron chi connectivity index (χ1n) is 10.7. The van der Waals surface area contributed by atoms with E-state index in [1.807, 2.05) is 13.8 Å². The van der Waals surface area contributed by atoms with Crippen LogP contribution in [-0.4, -0.2) is 66.0 Å². The summed E-state index contributed by atoms with van der Waals surface area (Å²) in [7, 11) is 0. The highest BCUT2D eigenvalue weighted by Gasteiger charge is 2.53. The monoisotopic (exact) mass is 504 g/mol. The molecule has 1 saturated heterocycles. The third kappa shape index (κ3) is 4.29. The van der Waals surface area contributed by atoms with Crippen LogP contribution in [0, 0.1) is 5.41 Å². The molecule has 13 heteroatoms. The number of aliphatic carboxylic acids is 2. The van der Waals surface area contributed by atoms with E-state index in [1.54, 1.807) is 34.9 Å². The number of imidazole rings is 1. The molecule has 35 heavy (non-hydrogen) atoms. The number of nitrogens with zero attached hydrogens (tertiary/aromatic N) is 4. The molecule has 3 atom stereocenters. The number of nitrogens with two attached hydrogens (primary N) is 2. The van der Waals surface area contributed by atoms with E-state index in [4.69, 9.17) is 32.5 Å². The molecule has 12 nitrogen and oxygen atoms in total. The summed E-state index contributed by atoms with van der Waals surface area (Å²) < 4.78 is 13.4. The van der Waals surface area contributed by atoms with E-state index in [2.05, 4.69) is 15.0 Å². The lowest BCUT2D eigenvalue weighted by Gasteiger charge is -2.30. The van der Waals surface area contributed by atoms with Crippen LogP contribution in [0.2, 0.25) is 5.28 Å². The molecule has 186 valence electrons. The number of halogens is 1. The van der Waals surface area contributed by atoms with Gasteiger partial charge in [0.1, 0.15) is 11.7 Å². The second kappa shape index (κ2) is 9.04. The van der Waals surface area contributed by atoms with Gasteiger partial charge in [0.15, 0.2) is 11.5 Å². The zero-order chi connectivity index (χ0) is 25.5. The number of nitrogen functional groups attached to an aromatic ring is 1. The Morgan fingerprint density at radius 1 is 1.23 bits per heavy atom. The van der Waals surface area contributed by atoms with Crippen molar-refractivity contribution in [3.8, 4) is 0 Å². The minimum Gasteiger partial charge on any atom is -0.479 e. The Morgan fingerprint density at radius 2 is 1.89 bits per heavy atom. The number of fused-ring (bicyclic) bond motifs is 1. The van der Waals surface area contributed by atoms with Crippen molar-refractivity contribution in [2.24, 2.45) is 11.1 Å². The molecule has 6 N–H and O–H groups in total. The van der Waals surface area contributed by atoms with Crippen molar-refractivity contribution in [2.75, 3.05) is 12.3 Å². The fourth-order valence-electron chi connectivity index (χ4n) is 4.24. The lowest BCUT2D eigenvalue weighted by atomic mass is 9.83. The van der Waals surface area contributed by atoms with E-state index in [0.717, 1.165) is 0 Å². The van der Waals surface area contributed by atoms with Crippen molar-refractivity contribution in [1.82, 2.24) is 19.5 Å². The van der Waals surface area contributed by atoms with Crippen LogP contribution in [0.1, 0.15) is 25.6 Å². The van der Waals surface area contributed by atoms with E-state index in [9.17, 15) is 19.8 Å². The molecule has 0 spiro atoms. The van der Waals surface area contributed by atoms with Gasteiger partial charge in [0.05, 0.1) is 19.0 Å². The smallest absolute Gasteiger partial charge is 0.348 e. The fourth-order valence-corrected chi connectivity index (χ4v) is 4.41.